The highest BCUT2D eigenvalue weighted by Gasteiger charge is 2.27. The molecule has 2 aromatic rings. The third kappa shape index (κ3) is 3.55. The zero-order valence-electron chi connectivity index (χ0n) is 14.2. The summed E-state index contributed by atoms with van der Waals surface area (Å²) in [5.41, 5.74) is 1.53. The molecule has 3 rings (SSSR count). The second-order valence-corrected chi connectivity index (χ2v) is 6.73. The molecule has 1 aromatic heterocycles. The van der Waals surface area contributed by atoms with Crippen LogP contribution in [0.3, 0.4) is 0 Å². The van der Waals surface area contributed by atoms with Crippen LogP contribution >= 0.6 is 0 Å². The Bertz CT molecular complexity index is 768. The lowest BCUT2D eigenvalue weighted by molar-refractivity contribution is 0.0786. The maximum absolute atomic E-state index is 12.5. The number of nitrogens with zero attached hydrogens (tertiary/aromatic N) is 3. The molecular formula is C19H23N3O2. The van der Waals surface area contributed by atoms with Gasteiger partial charge in [0.1, 0.15) is 0 Å². The number of carbonyl (C=O) groups is 1. The topological polar surface area (TPSA) is 55.2 Å². The smallest absolute Gasteiger partial charge is 0.253 e. The highest BCUT2D eigenvalue weighted by atomic mass is 16.2. The molecule has 0 aliphatic carbocycles. The molecule has 1 aliphatic heterocycles. The third-order valence-electron chi connectivity index (χ3n) is 4.54. The Labute approximate surface area is 141 Å². The number of aromatic nitrogens is 2. The maximum atomic E-state index is 12.5. The molecule has 0 saturated carbocycles. The summed E-state index contributed by atoms with van der Waals surface area (Å²) in [5.74, 6) is 0.610. The number of likely N-dealkylation sites (tertiary alicyclic amines) is 1. The SMILES string of the molecule is CC(C)c1cc(=O)n(C[C@@H]2CCN(C(=O)c3ccccc3)C2)cn1. The second kappa shape index (κ2) is 6.99. The van der Waals surface area contributed by atoms with E-state index in [0.29, 0.717) is 19.0 Å². The molecule has 5 heteroatoms. The van der Waals surface area contributed by atoms with E-state index in [-0.39, 0.29) is 17.4 Å². The van der Waals surface area contributed by atoms with Crippen LogP contribution in [0.1, 0.15) is 42.2 Å². The first-order chi connectivity index (χ1) is 11.5. The van der Waals surface area contributed by atoms with Crippen molar-refractivity contribution in [3.63, 3.8) is 0 Å². The van der Waals surface area contributed by atoms with Gasteiger partial charge >= 0.3 is 0 Å². The van der Waals surface area contributed by atoms with Gasteiger partial charge in [-0.1, -0.05) is 32.0 Å². The molecule has 1 atom stereocenters. The molecule has 1 aromatic carbocycles. The average molecular weight is 325 g/mol. The summed E-state index contributed by atoms with van der Waals surface area (Å²) in [6, 6.07) is 11.0. The first kappa shape index (κ1) is 16.4. The zero-order chi connectivity index (χ0) is 17.1. The van der Waals surface area contributed by atoms with Crippen molar-refractivity contribution in [3.05, 3.63) is 64.3 Å². The van der Waals surface area contributed by atoms with Crippen LogP contribution in [0, 0.1) is 5.92 Å². The van der Waals surface area contributed by atoms with Crippen molar-refractivity contribution in [3.8, 4) is 0 Å². The Kier molecular flexibility index (Phi) is 4.79. The van der Waals surface area contributed by atoms with Crippen LogP contribution in [0.15, 0.2) is 47.5 Å². The molecule has 2 heterocycles. The van der Waals surface area contributed by atoms with E-state index >= 15 is 0 Å². The van der Waals surface area contributed by atoms with Gasteiger partial charge in [0.05, 0.1) is 12.0 Å². The van der Waals surface area contributed by atoms with Crippen LogP contribution in [0.4, 0.5) is 0 Å². The van der Waals surface area contributed by atoms with Crippen molar-refractivity contribution >= 4 is 5.91 Å². The monoisotopic (exact) mass is 325 g/mol. The Balaban J connectivity index is 1.64. The van der Waals surface area contributed by atoms with Crippen molar-refractivity contribution in [2.45, 2.75) is 32.7 Å². The quantitative estimate of drug-likeness (QED) is 0.868. The highest BCUT2D eigenvalue weighted by molar-refractivity contribution is 5.94. The number of amides is 1. The summed E-state index contributed by atoms with van der Waals surface area (Å²) in [6.07, 6.45) is 2.55. The van der Waals surface area contributed by atoms with Crippen molar-refractivity contribution in [1.82, 2.24) is 14.5 Å². The van der Waals surface area contributed by atoms with Crippen molar-refractivity contribution < 1.29 is 4.79 Å². The molecule has 1 aliphatic rings. The predicted octanol–water partition coefficient (Wildman–Crippen LogP) is 2.53. The number of hydrogen-bond acceptors (Lipinski definition) is 3. The largest absolute Gasteiger partial charge is 0.338 e. The van der Waals surface area contributed by atoms with Gasteiger partial charge < -0.3 is 4.90 Å². The molecule has 0 bridgehead atoms. The minimum absolute atomic E-state index is 0.0125. The molecule has 24 heavy (non-hydrogen) atoms. The molecule has 1 fully saturated rings. The van der Waals surface area contributed by atoms with Crippen LogP contribution in [0.5, 0.6) is 0 Å². The summed E-state index contributed by atoms with van der Waals surface area (Å²) in [5, 5.41) is 0. The van der Waals surface area contributed by atoms with E-state index in [9.17, 15) is 9.59 Å². The lowest BCUT2D eigenvalue weighted by Crippen LogP contribution is -2.30. The summed E-state index contributed by atoms with van der Waals surface area (Å²) in [7, 11) is 0. The summed E-state index contributed by atoms with van der Waals surface area (Å²) < 4.78 is 1.66. The second-order valence-electron chi connectivity index (χ2n) is 6.73. The van der Waals surface area contributed by atoms with Gasteiger partial charge in [0, 0.05) is 31.3 Å². The van der Waals surface area contributed by atoms with Gasteiger partial charge in [0.15, 0.2) is 0 Å². The zero-order valence-corrected chi connectivity index (χ0v) is 14.2. The van der Waals surface area contributed by atoms with E-state index in [1.807, 2.05) is 49.1 Å². The number of carbonyl (C=O) groups excluding carboxylic acids is 1. The standard InChI is InChI=1S/C19H23N3O2/c1-14(2)17-10-18(23)22(13-20-17)12-15-8-9-21(11-15)19(24)16-6-4-3-5-7-16/h3-7,10,13-15H,8-9,11-12H2,1-2H3/t15-/m1/s1. The van der Waals surface area contributed by atoms with E-state index in [4.69, 9.17) is 0 Å². The number of rotatable bonds is 4. The van der Waals surface area contributed by atoms with E-state index in [0.717, 1.165) is 24.2 Å². The molecule has 0 unspecified atom stereocenters. The van der Waals surface area contributed by atoms with Crippen molar-refractivity contribution in [1.29, 1.82) is 0 Å². The minimum atomic E-state index is -0.0125. The summed E-state index contributed by atoms with van der Waals surface area (Å²) >= 11 is 0. The van der Waals surface area contributed by atoms with Gasteiger partial charge in [-0.25, -0.2) is 4.98 Å². The average Bonchev–Trinajstić information content (AvgIpc) is 3.05. The van der Waals surface area contributed by atoms with Crippen LogP contribution in [0.25, 0.3) is 0 Å². The number of hydrogen-bond donors (Lipinski definition) is 0. The first-order valence-corrected chi connectivity index (χ1v) is 8.45. The molecule has 0 N–H and O–H groups in total. The molecule has 5 nitrogen and oxygen atoms in total. The molecule has 0 spiro atoms. The Morgan fingerprint density at radius 3 is 2.71 bits per heavy atom. The fourth-order valence-electron chi connectivity index (χ4n) is 3.10. The maximum Gasteiger partial charge on any atom is 0.253 e. The van der Waals surface area contributed by atoms with Gasteiger partial charge in [-0.3, -0.25) is 14.2 Å². The van der Waals surface area contributed by atoms with Gasteiger partial charge in [-0.2, -0.15) is 0 Å². The van der Waals surface area contributed by atoms with Gasteiger partial charge in [-0.15, -0.1) is 0 Å². The molecule has 1 saturated heterocycles. The van der Waals surface area contributed by atoms with Crippen molar-refractivity contribution in [2.75, 3.05) is 13.1 Å². The predicted molar refractivity (Wildman–Crippen MR) is 93.0 cm³/mol. The molecule has 0 radical (unpaired) electrons. The minimum Gasteiger partial charge on any atom is -0.338 e. The normalized spacial score (nSPS) is 17.5. The Morgan fingerprint density at radius 1 is 1.29 bits per heavy atom. The lowest BCUT2D eigenvalue weighted by Gasteiger charge is -2.17. The van der Waals surface area contributed by atoms with Gasteiger partial charge in [0.25, 0.3) is 11.5 Å². The van der Waals surface area contributed by atoms with E-state index in [2.05, 4.69) is 4.98 Å². The molecular weight excluding hydrogens is 302 g/mol. The first-order valence-electron chi connectivity index (χ1n) is 8.45. The summed E-state index contributed by atoms with van der Waals surface area (Å²) in [6.45, 7) is 6.09. The van der Waals surface area contributed by atoms with E-state index in [1.165, 1.54) is 0 Å². The molecule has 1 amide bonds. The Hall–Kier alpha value is -2.43. The van der Waals surface area contributed by atoms with Crippen molar-refractivity contribution in [2.24, 2.45) is 5.92 Å². The van der Waals surface area contributed by atoms with E-state index in [1.54, 1.807) is 17.0 Å². The third-order valence-corrected chi connectivity index (χ3v) is 4.54. The van der Waals surface area contributed by atoms with Gasteiger partial charge in [0.2, 0.25) is 0 Å². The Morgan fingerprint density at radius 2 is 2.04 bits per heavy atom. The lowest BCUT2D eigenvalue weighted by atomic mass is 10.1. The fourth-order valence-corrected chi connectivity index (χ4v) is 3.10. The highest BCUT2D eigenvalue weighted by Crippen LogP contribution is 2.20. The van der Waals surface area contributed by atoms with Crippen LogP contribution in [-0.4, -0.2) is 33.4 Å². The van der Waals surface area contributed by atoms with Crippen LogP contribution in [-0.2, 0) is 6.54 Å². The van der Waals surface area contributed by atoms with Gasteiger partial charge in [-0.05, 0) is 30.4 Å². The van der Waals surface area contributed by atoms with Crippen LogP contribution in [0.2, 0.25) is 0 Å². The van der Waals surface area contributed by atoms with Crippen LogP contribution < -0.4 is 5.56 Å². The fraction of sp³-hybridized carbons (Fsp3) is 0.421. The number of benzene rings is 1. The summed E-state index contributed by atoms with van der Waals surface area (Å²) in [4.78, 5) is 30.9. The molecule has 126 valence electrons. The van der Waals surface area contributed by atoms with E-state index < -0.39 is 0 Å².